The van der Waals surface area contributed by atoms with E-state index in [1.165, 1.54) is 29.9 Å². The molecule has 0 saturated heterocycles. The van der Waals surface area contributed by atoms with Gasteiger partial charge in [-0.25, -0.2) is 9.79 Å². The van der Waals surface area contributed by atoms with E-state index in [0.29, 0.717) is 26.3 Å². The molecule has 1 aliphatic heterocycles. The van der Waals surface area contributed by atoms with Crippen molar-refractivity contribution in [3.05, 3.63) is 84.5 Å². The molecule has 1 aromatic heterocycles. The fourth-order valence-corrected chi connectivity index (χ4v) is 5.38. The second-order valence-electron chi connectivity index (χ2n) is 10.1. The zero-order chi connectivity index (χ0) is 29.1. The molecule has 0 radical (unpaired) electrons. The van der Waals surface area contributed by atoms with E-state index < -0.39 is 18.0 Å². The number of fused-ring (bicyclic) bond motifs is 1. The van der Waals surface area contributed by atoms with E-state index in [1.54, 1.807) is 25.1 Å². The zero-order valence-electron chi connectivity index (χ0n) is 23.7. The Kier molecular flexibility index (Phi) is 8.58. The number of esters is 2. The molecule has 1 atom stereocenters. The molecule has 0 unspecified atom stereocenters. The van der Waals surface area contributed by atoms with Gasteiger partial charge < -0.3 is 19.1 Å². The summed E-state index contributed by atoms with van der Waals surface area (Å²) < 4.78 is 18.3. The van der Waals surface area contributed by atoms with Crippen molar-refractivity contribution >= 4 is 35.0 Å². The average molecular weight is 564 g/mol. The van der Waals surface area contributed by atoms with Crippen LogP contribution in [0.25, 0.3) is 6.08 Å². The van der Waals surface area contributed by atoms with Gasteiger partial charge in [-0.2, -0.15) is 0 Å². The number of allylic oxidation sites excluding steroid dienone is 1. The topological polar surface area (TPSA) is 99.4 Å². The Morgan fingerprint density at radius 2 is 1.82 bits per heavy atom. The van der Waals surface area contributed by atoms with Gasteiger partial charge in [0.1, 0.15) is 0 Å². The van der Waals surface area contributed by atoms with Crippen molar-refractivity contribution in [1.29, 1.82) is 0 Å². The van der Waals surface area contributed by atoms with Crippen LogP contribution in [-0.4, -0.2) is 44.3 Å². The summed E-state index contributed by atoms with van der Waals surface area (Å²) in [4.78, 5) is 46.0. The Bertz CT molecular complexity index is 1650. The van der Waals surface area contributed by atoms with Crippen LogP contribution < -0.4 is 29.3 Å². The number of ether oxygens (including phenoxy) is 3. The molecular formula is C30H33N3O6S. The highest BCUT2D eigenvalue weighted by Gasteiger charge is 2.34. The first-order chi connectivity index (χ1) is 19.0. The highest BCUT2D eigenvalue weighted by atomic mass is 32.1. The second kappa shape index (κ2) is 11.9. The molecule has 3 aromatic rings. The smallest absolute Gasteiger partial charge is 0.338 e. The maximum absolute atomic E-state index is 13.9. The summed E-state index contributed by atoms with van der Waals surface area (Å²) in [7, 11) is 5.39. The zero-order valence-corrected chi connectivity index (χ0v) is 24.5. The fourth-order valence-electron chi connectivity index (χ4n) is 4.33. The van der Waals surface area contributed by atoms with E-state index in [1.807, 2.05) is 63.2 Å². The number of hydrogen-bond acceptors (Lipinski definition) is 9. The van der Waals surface area contributed by atoms with E-state index in [-0.39, 0.29) is 29.4 Å². The summed E-state index contributed by atoms with van der Waals surface area (Å²) in [5.74, 6) is -0.383. The number of thiazole rings is 1. The van der Waals surface area contributed by atoms with Crippen LogP contribution in [-0.2, 0) is 14.3 Å². The number of nitrogens with zero attached hydrogens (tertiary/aromatic N) is 3. The minimum absolute atomic E-state index is 0.131. The average Bonchev–Trinajstić information content (AvgIpc) is 3.20. The molecule has 0 N–H and O–H groups in total. The van der Waals surface area contributed by atoms with Crippen molar-refractivity contribution in [3.8, 4) is 11.5 Å². The van der Waals surface area contributed by atoms with Gasteiger partial charge in [0.2, 0.25) is 0 Å². The standard InChI is InChI=1S/C30H33N3O6S/c1-17(2)16-38-29(36)26-18(3)31-30-33(27(26)21-10-13-23(39-19(4)34)24(15-21)37-7)28(35)25(40-30)14-20-8-11-22(12-9-20)32(5)6/h8-15,17,27H,16H2,1-7H3/b25-14+/t27-/m1/s1. The highest BCUT2D eigenvalue weighted by Crippen LogP contribution is 2.36. The molecule has 2 aromatic carbocycles. The first-order valence-electron chi connectivity index (χ1n) is 12.8. The normalized spacial score (nSPS) is 15.0. The van der Waals surface area contributed by atoms with Crippen LogP contribution in [0.15, 0.2) is 63.5 Å². The second-order valence-corrected chi connectivity index (χ2v) is 11.1. The Morgan fingerprint density at radius 1 is 1.12 bits per heavy atom. The highest BCUT2D eigenvalue weighted by molar-refractivity contribution is 7.07. The van der Waals surface area contributed by atoms with Crippen molar-refractivity contribution in [2.75, 3.05) is 32.7 Å². The van der Waals surface area contributed by atoms with Crippen LogP contribution in [0.2, 0.25) is 0 Å². The van der Waals surface area contributed by atoms with Gasteiger partial charge in [-0.05, 0) is 54.3 Å². The molecule has 10 heteroatoms. The van der Waals surface area contributed by atoms with E-state index in [0.717, 1.165) is 11.3 Å². The monoisotopic (exact) mass is 563 g/mol. The lowest BCUT2D eigenvalue weighted by Gasteiger charge is -2.25. The Balaban J connectivity index is 1.90. The van der Waals surface area contributed by atoms with E-state index in [4.69, 9.17) is 14.2 Å². The van der Waals surface area contributed by atoms with Crippen molar-refractivity contribution in [2.45, 2.75) is 33.7 Å². The summed E-state index contributed by atoms with van der Waals surface area (Å²) in [6.45, 7) is 7.16. The van der Waals surface area contributed by atoms with Crippen LogP contribution in [0.1, 0.15) is 44.9 Å². The largest absolute Gasteiger partial charge is 0.493 e. The molecule has 9 nitrogen and oxygen atoms in total. The van der Waals surface area contributed by atoms with Crippen molar-refractivity contribution in [2.24, 2.45) is 10.9 Å². The third kappa shape index (κ3) is 6.02. The van der Waals surface area contributed by atoms with Crippen LogP contribution in [0.5, 0.6) is 11.5 Å². The Hall–Kier alpha value is -4.18. The summed E-state index contributed by atoms with van der Waals surface area (Å²) in [5, 5.41) is 0. The molecule has 0 bridgehead atoms. The first kappa shape index (κ1) is 28.8. The quantitative estimate of drug-likeness (QED) is 0.306. The molecule has 40 heavy (non-hydrogen) atoms. The summed E-state index contributed by atoms with van der Waals surface area (Å²) >= 11 is 1.25. The number of aromatic nitrogens is 1. The fraction of sp³-hybridized carbons (Fsp3) is 0.333. The summed E-state index contributed by atoms with van der Waals surface area (Å²) in [5.41, 5.74) is 2.94. The number of carbonyl (C=O) groups is 2. The lowest BCUT2D eigenvalue weighted by atomic mass is 9.95. The molecule has 4 rings (SSSR count). The number of rotatable bonds is 8. The van der Waals surface area contributed by atoms with Gasteiger partial charge in [-0.15, -0.1) is 0 Å². The van der Waals surface area contributed by atoms with Crippen LogP contribution in [0.3, 0.4) is 0 Å². The Morgan fingerprint density at radius 3 is 2.42 bits per heavy atom. The van der Waals surface area contributed by atoms with Gasteiger partial charge in [0.25, 0.3) is 5.56 Å². The van der Waals surface area contributed by atoms with Gasteiger partial charge in [0, 0.05) is 26.7 Å². The predicted octanol–water partition coefficient (Wildman–Crippen LogP) is 3.43. The molecule has 0 amide bonds. The summed E-state index contributed by atoms with van der Waals surface area (Å²) in [6.07, 6.45) is 1.82. The number of anilines is 1. The van der Waals surface area contributed by atoms with Gasteiger partial charge in [-0.1, -0.05) is 43.4 Å². The van der Waals surface area contributed by atoms with Crippen molar-refractivity contribution in [1.82, 2.24) is 4.57 Å². The van der Waals surface area contributed by atoms with Crippen molar-refractivity contribution in [3.63, 3.8) is 0 Å². The molecule has 1 aliphatic rings. The third-order valence-corrected chi connectivity index (χ3v) is 7.24. The number of benzene rings is 2. The van der Waals surface area contributed by atoms with Gasteiger partial charge >= 0.3 is 11.9 Å². The molecule has 0 fully saturated rings. The molecule has 210 valence electrons. The minimum atomic E-state index is -0.825. The lowest BCUT2D eigenvalue weighted by Crippen LogP contribution is -2.40. The van der Waals surface area contributed by atoms with E-state index in [2.05, 4.69) is 4.99 Å². The van der Waals surface area contributed by atoms with Crippen LogP contribution >= 0.6 is 11.3 Å². The number of methoxy groups -OCH3 is 1. The maximum Gasteiger partial charge on any atom is 0.338 e. The summed E-state index contributed by atoms with van der Waals surface area (Å²) in [6, 6.07) is 12.0. The molecule has 0 spiro atoms. The van der Waals surface area contributed by atoms with Crippen LogP contribution in [0.4, 0.5) is 5.69 Å². The van der Waals surface area contributed by atoms with Crippen LogP contribution in [0, 0.1) is 5.92 Å². The Labute approximate surface area is 236 Å². The van der Waals surface area contributed by atoms with Gasteiger partial charge in [-0.3, -0.25) is 14.2 Å². The number of carbonyl (C=O) groups excluding carboxylic acids is 2. The number of hydrogen-bond donors (Lipinski definition) is 0. The predicted molar refractivity (Wildman–Crippen MR) is 155 cm³/mol. The SMILES string of the molecule is COc1cc([C@@H]2C(C(=O)OCC(C)C)=C(C)N=c3s/c(=C/c4ccc(N(C)C)cc4)c(=O)n32)ccc1OC(C)=O. The third-order valence-electron chi connectivity index (χ3n) is 6.25. The maximum atomic E-state index is 13.9. The van der Waals surface area contributed by atoms with E-state index in [9.17, 15) is 14.4 Å². The minimum Gasteiger partial charge on any atom is -0.493 e. The lowest BCUT2D eigenvalue weighted by molar-refractivity contribution is -0.140. The molecular weight excluding hydrogens is 530 g/mol. The van der Waals surface area contributed by atoms with Gasteiger partial charge in [0.15, 0.2) is 16.3 Å². The first-order valence-corrected chi connectivity index (χ1v) is 13.6. The molecule has 2 heterocycles. The van der Waals surface area contributed by atoms with Gasteiger partial charge in [0.05, 0.1) is 35.6 Å². The molecule has 0 saturated carbocycles. The van der Waals surface area contributed by atoms with Crippen molar-refractivity contribution < 1.29 is 23.8 Å². The molecule has 0 aliphatic carbocycles. The van der Waals surface area contributed by atoms with E-state index >= 15 is 0 Å².